The molecule has 0 aliphatic carbocycles. The lowest BCUT2D eigenvalue weighted by Crippen LogP contribution is -2.37. The van der Waals surface area contributed by atoms with E-state index >= 15 is 0 Å². The van der Waals surface area contributed by atoms with Gasteiger partial charge in [-0.3, -0.25) is 14.6 Å². The fraction of sp³-hybridized carbons (Fsp3) is 0.560. The maximum Gasteiger partial charge on any atom is 0.257 e. The van der Waals surface area contributed by atoms with Crippen LogP contribution in [-0.2, 0) is 6.54 Å². The Morgan fingerprint density at radius 2 is 1.94 bits per heavy atom. The predicted octanol–water partition coefficient (Wildman–Crippen LogP) is 3.74. The third-order valence-corrected chi connectivity index (χ3v) is 6.42. The summed E-state index contributed by atoms with van der Waals surface area (Å²) in [5, 5.41) is 0. The Morgan fingerprint density at radius 1 is 1.06 bits per heavy atom. The van der Waals surface area contributed by atoms with Crippen molar-refractivity contribution < 1.29 is 13.9 Å². The zero-order chi connectivity index (χ0) is 21.5. The fourth-order valence-electron chi connectivity index (χ4n) is 4.69. The van der Waals surface area contributed by atoms with Crippen LogP contribution in [-0.4, -0.2) is 73.0 Å². The normalized spacial score (nSPS) is 21.1. The summed E-state index contributed by atoms with van der Waals surface area (Å²) in [5.74, 6) is 1.85. The van der Waals surface area contributed by atoms with Gasteiger partial charge in [-0.05, 0) is 43.9 Å². The van der Waals surface area contributed by atoms with Crippen molar-refractivity contribution in [2.45, 2.75) is 32.7 Å². The second-order valence-corrected chi connectivity index (χ2v) is 8.94. The highest BCUT2D eigenvalue weighted by Crippen LogP contribution is 2.22. The zero-order valence-electron chi connectivity index (χ0n) is 18.7. The van der Waals surface area contributed by atoms with Gasteiger partial charge in [-0.2, -0.15) is 0 Å². The number of carbonyl (C=O) groups is 1. The van der Waals surface area contributed by atoms with Gasteiger partial charge >= 0.3 is 0 Å². The zero-order valence-corrected chi connectivity index (χ0v) is 18.7. The molecule has 1 unspecified atom stereocenters. The van der Waals surface area contributed by atoms with Crippen LogP contribution in [0.3, 0.4) is 0 Å². The maximum absolute atomic E-state index is 12.6. The molecule has 0 N–H and O–H groups in total. The molecule has 0 bridgehead atoms. The molecular weight excluding hydrogens is 390 g/mol. The summed E-state index contributed by atoms with van der Waals surface area (Å²) >= 11 is 0. The van der Waals surface area contributed by atoms with Gasteiger partial charge in [0.25, 0.3) is 5.91 Å². The molecule has 0 saturated carbocycles. The number of hydrogen-bond donors (Lipinski definition) is 0. The fourth-order valence-corrected chi connectivity index (χ4v) is 4.69. The minimum Gasteiger partial charge on any atom is -0.492 e. The van der Waals surface area contributed by atoms with Crippen LogP contribution in [0.5, 0.6) is 5.75 Å². The van der Waals surface area contributed by atoms with Crippen molar-refractivity contribution in [3.05, 3.63) is 54.0 Å². The van der Waals surface area contributed by atoms with Crippen LogP contribution in [0.2, 0.25) is 0 Å². The van der Waals surface area contributed by atoms with Crippen LogP contribution in [0.1, 0.15) is 42.1 Å². The van der Waals surface area contributed by atoms with Crippen LogP contribution in [0.15, 0.2) is 47.3 Å². The van der Waals surface area contributed by atoms with Crippen LogP contribution >= 0.6 is 0 Å². The summed E-state index contributed by atoms with van der Waals surface area (Å²) in [4.78, 5) is 19.5. The number of rotatable bonds is 7. The van der Waals surface area contributed by atoms with E-state index in [0.29, 0.717) is 5.56 Å². The van der Waals surface area contributed by atoms with Crippen LogP contribution < -0.4 is 4.74 Å². The lowest BCUT2D eigenvalue weighted by molar-refractivity contribution is 0.0760. The highest BCUT2D eigenvalue weighted by atomic mass is 16.5. The lowest BCUT2D eigenvalue weighted by atomic mass is 10.0. The average Bonchev–Trinajstić information content (AvgIpc) is 3.22. The van der Waals surface area contributed by atoms with E-state index in [9.17, 15) is 4.79 Å². The molecule has 1 aromatic carbocycles. The van der Waals surface area contributed by atoms with Gasteiger partial charge in [-0.15, -0.1) is 0 Å². The minimum atomic E-state index is 0.0614. The average molecular weight is 426 g/mol. The number of furan rings is 1. The van der Waals surface area contributed by atoms with Crippen molar-refractivity contribution >= 4 is 5.91 Å². The monoisotopic (exact) mass is 425 g/mol. The van der Waals surface area contributed by atoms with Gasteiger partial charge < -0.3 is 14.1 Å². The number of ether oxygens (including phenoxy) is 1. The molecule has 6 heteroatoms. The van der Waals surface area contributed by atoms with Crippen molar-refractivity contribution in [3.63, 3.8) is 0 Å². The maximum atomic E-state index is 12.6. The topological polar surface area (TPSA) is 49.2 Å². The first kappa shape index (κ1) is 21.9. The summed E-state index contributed by atoms with van der Waals surface area (Å²) in [5.41, 5.74) is 1.86. The second-order valence-electron chi connectivity index (χ2n) is 8.94. The first-order chi connectivity index (χ1) is 15.2. The SMILES string of the molecule is CC1CCCN(CCOc2ccccc2CN2CCCN(C(=O)c3ccoc3)CC2)C1. The number of carbonyl (C=O) groups excluding carboxylic acids is 1. The highest BCUT2D eigenvalue weighted by molar-refractivity contribution is 5.93. The van der Waals surface area contributed by atoms with Crippen LogP contribution in [0.25, 0.3) is 0 Å². The van der Waals surface area contributed by atoms with E-state index in [1.807, 2.05) is 4.90 Å². The summed E-state index contributed by atoms with van der Waals surface area (Å²) in [6.45, 7) is 10.7. The van der Waals surface area contributed by atoms with E-state index in [-0.39, 0.29) is 5.91 Å². The van der Waals surface area contributed by atoms with Gasteiger partial charge in [0.2, 0.25) is 0 Å². The molecule has 4 rings (SSSR count). The Hall–Kier alpha value is -2.31. The smallest absolute Gasteiger partial charge is 0.257 e. The Kier molecular flexibility index (Phi) is 7.65. The summed E-state index contributed by atoms with van der Waals surface area (Å²) < 4.78 is 11.3. The Balaban J connectivity index is 1.28. The van der Waals surface area contributed by atoms with Crippen molar-refractivity contribution in [2.75, 3.05) is 52.4 Å². The first-order valence-corrected chi connectivity index (χ1v) is 11.7. The van der Waals surface area contributed by atoms with Gasteiger partial charge in [0, 0.05) is 51.4 Å². The summed E-state index contributed by atoms with van der Waals surface area (Å²) in [6.07, 6.45) is 6.71. The largest absolute Gasteiger partial charge is 0.492 e. The Bertz CT molecular complexity index is 823. The number of nitrogens with zero attached hydrogens (tertiary/aromatic N) is 3. The third-order valence-electron chi connectivity index (χ3n) is 6.42. The molecule has 1 amide bonds. The van der Waals surface area contributed by atoms with Crippen molar-refractivity contribution in [2.24, 2.45) is 5.92 Å². The van der Waals surface area contributed by atoms with E-state index in [0.717, 1.165) is 64.0 Å². The molecule has 2 aliphatic rings. The molecule has 31 heavy (non-hydrogen) atoms. The molecule has 0 spiro atoms. The quantitative estimate of drug-likeness (QED) is 0.676. The highest BCUT2D eigenvalue weighted by Gasteiger charge is 2.22. The molecular formula is C25H35N3O3. The molecule has 1 aromatic heterocycles. The number of benzene rings is 1. The molecule has 0 radical (unpaired) electrons. The third kappa shape index (κ3) is 6.11. The lowest BCUT2D eigenvalue weighted by Gasteiger charge is -2.30. The van der Waals surface area contributed by atoms with Crippen LogP contribution in [0, 0.1) is 5.92 Å². The van der Waals surface area contributed by atoms with Gasteiger partial charge in [0.15, 0.2) is 0 Å². The van der Waals surface area contributed by atoms with Crippen molar-refractivity contribution in [1.29, 1.82) is 0 Å². The standard InChI is InChI=1S/C25H35N3O3/c1-21-6-4-10-27(18-21)15-17-31-24-8-3-2-7-22(24)19-26-11-5-12-28(14-13-26)25(29)23-9-16-30-20-23/h2-3,7-9,16,20-21H,4-6,10-15,17-19H2,1H3. The summed E-state index contributed by atoms with van der Waals surface area (Å²) in [6, 6.07) is 10.1. The van der Waals surface area contributed by atoms with Gasteiger partial charge in [0.05, 0.1) is 11.8 Å². The molecule has 2 aromatic rings. The van der Waals surface area contributed by atoms with Gasteiger partial charge in [-0.1, -0.05) is 25.1 Å². The summed E-state index contributed by atoms with van der Waals surface area (Å²) in [7, 11) is 0. The van der Waals surface area contributed by atoms with E-state index < -0.39 is 0 Å². The number of piperidine rings is 1. The number of hydrogen-bond acceptors (Lipinski definition) is 5. The molecule has 1 atom stereocenters. The molecule has 6 nitrogen and oxygen atoms in total. The predicted molar refractivity (Wildman–Crippen MR) is 121 cm³/mol. The molecule has 2 aliphatic heterocycles. The van der Waals surface area contributed by atoms with E-state index in [4.69, 9.17) is 9.15 Å². The molecule has 168 valence electrons. The van der Waals surface area contributed by atoms with Crippen LogP contribution in [0.4, 0.5) is 0 Å². The first-order valence-electron chi connectivity index (χ1n) is 11.7. The number of likely N-dealkylation sites (tertiary alicyclic amines) is 1. The number of amides is 1. The van der Waals surface area contributed by atoms with E-state index in [1.54, 1.807) is 12.3 Å². The van der Waals surface area contributed by atoms with E-state index in [1.165, 1.54) is 37.8 Å². The molecule has 2 fully saturated rings. The molecule has 2 saturated heterocycles. The number of para-hydroxylation sites is 1. The Labute approximate surface area is 185 Å². The van der Waals surface area contributed by atoms with Crippen molar-refractivity contribution in [3.8, 4) is 5.75 Å². The van der Waals surface area contributed by atoms with Gasteiger partial charge in [-0.25, -0.2) is 0 Å². The Morgan fingerprint density at radius 3 is 2.77 bits per heavy atom. The van der Waals surface area contributed by atoms with E-state index in [2.05, 4.69) is 41.0 Å². The van der Waals surface area contributed by atoms with Crippen molar-refractivity contribution in [1.82, 2.24) is 14.7 Å². The second kappa shape index (κ2) is 10.8. The minimum absolute atomic E-state index is 0.0614. The van der Waals surface area contributed by atoms with Gasteiger partial charge in [0.1, 0.15) is 18.6 Å². The molecule has 3 heterocycles.